The van der Waals surface area contributed by atoms with E-state index < -0.39 is 0 Å². The van der Waals surface area contributed by atoms with Gasteiger partial charge in [0.25, 0.3) is 0 Å². The minimum Gasteiger partial charge on any atom is -0.297 e. The van der Waals surface area contributed by atoms with Gasteiger partial charge < -0.3 is 0 Å². The van der Waals surface area contributed by atoms with Crippen LogP contribution >= 0.6 is 0 Å². The Morgan fingerprint density at radius 2 is 1.81 bits per heavy atom. The van der Waals surface area contributed by atoms with Crippen molar-refractivity contribution in [2.24, 2.45) is 11.8 Å². The van der Waals surface area contributed by atoms with Crippen LogP contribution in [0, 0.1) is 5.92 Å². The summed E-state index contributed by atoms with van der Waals surface area (Å²) in [5.74, 6) is 6.58. The van der Waals surface area contributed by atoms with Gasteiger partial charge in [0.15, 0.2) is 0 Å². The minimum atomic E-state index is -0.0330. The van der Waals surface area contributed by atoms with Crippen LogP contribution in [0.15, 0.2) is 24.3 Å². The van der Waals surface area contributed by atoms with Gasteiger partial charge in [-0.15, -0.1) is 0 Å². The molecule has 120 valence electrons. The molecule has 0 saturated heterocycles. The Morgan fingerprint density at radius 1 is 1.19 bits per heavy atom. The molecule has 3 nitrogen and oxygen atoms in total. The third kappa shape index (κ3) is 4.53. The maximum atomic E-state index is 5.91. The Bertz CT molecular complexity index is 422. The van der Waals surface area contributed by atoms with Gasteiger partial charge in [-0.3, -0.25) is 16.2 Å². The zero-order chi connectivity index (χ0) is 16.0. The molecule has 21 heavy (non-hydrogen) atoms. The van der Waals surface area contributed by atoms with Gasteiger partial charge in [-0.25, -0.2) is 0 Å². The Labute approximate surface area is 130 Å². The summed E-state index contributed by atoms with van der Waals surface area (Å²) in [7, 11) is 0. The van der Waals surface area contributed by atoms with E-state index in [1.165, 1.54) is 11.1 Å². The standard InChI is InChI=1S/C18H33N3/c1-7-21(8-2)18(5,6)17(20-19)16-11-9-10-15(13-16)12-14(3)4/h9-11,13-14,17,20H,7-8,12,19H2,1-6H3. The number of benzene rings is 1. The van der Waals surface area contributed by atoms with E-state index in [0.29, 0.717) is 5.92 Å². The lowest BCUT2D eigenvalue weighted by Crippen LogP contribution is -2.54. The average Bonchev–Trinajstić information content (AvgIpc) is 2.39. The number of nitrogens with zero attached hydrogens (tertiary/aromatic N) is 1. The SMILES string of the molecule is CCN(CC)C(C)(C)C(NN)c1cccc(CC(C)C)c1. The van der Waals surface area contributed by atoms with E-state index in [0.717, 1.165) is 19.5 Å². The summed E-state index contributed by atoms with van der Waals surface area (Å²) in [4.78, 5) is 2.45. The van der Waals surface area contributed by atoms with Crippen LogP contribution in [0.2, 0.25) is 0 Å². The van der Waals surface area contributed by atoms with Gasteiger partial charge in [-0.2, -0.15) is 0 Å². The van der Waals surface area contributed by atoms with E-state index in [1.54, 1.807) is 0 Å². The monoisotopic (exact) mass is 291 g/mol. The molecule has 0 spiro atoms. The largest absolute Gasteiger partial charge is 0.297 e. The zero-order valence-electron chi connectivity index (χ0n) is 14.6. The van der Waals surface area contributed by atoms with Crippen molar-refractivity contribution in [2.75, 3.05) is 13.1 Å². The summed E-state index contributed by atoms with van der Waals surface area (Å²) in [6.07, 6.45) is 1.11. The number of hydrogen-bond acceptors (Lipinski definition) is 3. The van der Waals surface area contributed by atoms with Crippen molar-refractivity contribution < 1.29 is 0 Å². The third-order valence-electron chi connectivity index (χ3n) is 4.38. The fourth-order valence-electron chi connectivity index (χ4n) is 3.30. The highest BCUT2D eigenvalue weighted by atomic mass is 15.3. The van der Waals surface area contributed by atoms with Crippen LogP contribution in [-0.2, 0) is 6.42 Å². The first-order valence-corrected chi connectivity index (χ1v) is 8.16. The summed E-state index contributed by atoms with van der Waals surface area (Å²) >= 11 is 0. The number of hydrogen-bond donors (Lipinski definition) is 2. The van der Waals surface area contributed by atoms with E-state index in [1.807, 2.05) is 0 Å². The highest BCUT2D eigenvalue weighted by Gasteiger charge is 2.34. The molecule has 0 radical (unpaired) electrons. The molecule has 1 unspecified atom stereocenters. The van der Waals surface area contributed by atoms with Gasteiger partial charge >= 0.3 is 0 Å². The van der Waals surface area contributed by atoms with E-state index in [2.05, 4.69) is 76.1 Å². The van der Waals surface area contributed by atoms with Crippen molar-refractivity contribution in [1.82, 2.24) is 10.3 Å². The number of rotatable bonds is 8. The van der Waals surface area contributed by atoms with Gasteiger partial charge in [0, 0.05) is 5.54 Å². The molecular weight excluding hydrogens is 258 g/mol. The first-order chi connectivity index (χ1) is 9.86. The van der Waals surface area contributed by atoms with Gasteiger partial charge in [0.2, 0.25) is 0 Å². The van der Waals surface area contributed by atoms with Gasteiger partial charge in [0.05, 0.1) is 6.04 Å². The first-order valence-electron chi connectivity index (χ1n) is 8.16. The molecule has 0 aliphatic rings. The second-order valence-electron chi connectivity index (χ2n) is 6.77. The van der Waals surface area contributed by atoms with Crippen molar-refractivity contribution in [3.8, 4) is 0 Å². The van der Waals surface area contributed by atoms with E-state index in [9.17, 15) is 0 Å². The molecule has 0 bridgehead atoms. The quantitative estimate of drug-likeness (QED) is 0.569. The van der Waals surface area contributed by atoms with Crippen LogP contribution in [-0.4, -0.2) is 23.5 Å². The van der Waals surface area contributed by atoms with Crippen molar-refractivity contribution >= 4 is 0 Å². The fourth-order valence-corrected chi connectivity index (χ4v) is 3.30. The lowest BCUT2D eigenvalue weighted by atomic mass is 9.86. The topological polar surface area (TPSA) is 41.3 Å². The maximum absolute atomic E-state index is 5.91. The first kappa shape index (κ1) is 18.1. The normalized spacial score (nSPS) is 14.0. The van der Waals surface area contributed by atoms with E-state index in [4.69, 9.17) is 5.84 Å². The van der Waals surface area contributed by atoms with Crippen LogP contribution in [0.1, 0.15) is 58.7 Å². The molecule has 0 aliphatic carbocycles. The van der Waals surface area contributed by atoms with Gasteiger partial charge in [0.1, 0.15) is 0 Å². The molecule has 1 rings (SSSR count). The molecule has 3 heteroatoms. The molecular formula is C18H33N3. The second-order valence-corrected chi connectivity index (χ2v) is 6.77. The molecule has 0 saturated carbocycles. The molecule has 0 aliphatic heterocycles. The summed E-state index contributed by atoms with van der Waals surface area (Å²) in [6, 6.07) is 8.96. The van der Waals surface area contributed by atoms with Gasteiger partial charge in [-0.1, -0.05) is 52.0 Å². The Balaban J connectivity index is 3.09. The molecule has 1 aromatic carbocycles. The maximum Gasteiger partial charge on any atom is 0.0638 e. The van der Waals surface area contributed by atoms with Crippen LogP contribution < -0.4 is 11.3 Å². The summed E-state index contributed by atoms with van der Waals surface area (Å²) in [5, 5.41) is 0. The van der Waals surface area contributed by atoms with E-state index in [-0.39, 0.29) is 11.6 Å². The molecule has 0 aromatic heterocycles. The van der Waals surface area contributed by atoms with Crippen LogP contribution in [0.25, 0.3) is 0 Å². The smallest absolute Gasteiger partial charge is 0.0638 e. The number of likely N-dealkylation sites (N-methyl/N-ethyl adjacent to an activating group) is 1. The van der Waals surface area contributed by atoms with Crippen LogP contribution in [0.3, 0.4) is 0 Å². The fraction of sp³-hybridized carbons (Fsp3) is 0.667. The van der Waals surface area contributed by atoms with Crippen molar-refractivity contribution in [2.45, 2.75) is 59.5 Å². The predicted octanol–water partition coefficient (Wildman–Crippen LogP) is 3.51. The van der Waals surface area contributed by atoms with Crippen LogP contribution in [0.5, 0.6) is 0 Å². The lowest BCUT2D eigenvalue weighted by molar-refractivity contribution is 0.0912. The molecule has 1 aromatic rings. The van der Waals surface area contributed by atoms with Crippen molar-refractivity contribution in [3.05, 3.63) is 35.4 Å². The predicted molar refractivity (Wildman–Crippen MR) is 92.0 cm³/mol. The van der Waals surface area contributed by atoms with Gasteiger partial charge in [-0.05, 0) is 50.4 Å². The highest BCUT2D eigenvalue weighted by Crippen LogP contribution is 2.31. The Hall–Kier alpha value is -0.900. The lowest BCUT2D eigenvalue weighted by Gasteiger charge is -2.43. The van der Waals surface area contributed by atoms with Crippen molar-refractivity contribution in [3.63, 3.8) is 0 Å². The van der Waals surface area contributed by atoms with Crippen molar-refractivity contribution in [1.29, 1.82) is 0 Å². The summed E-state index contributed by atoms with van der Waals surface area (Å²) in [5.41, 5.74) is 5.67. The summed E-state index contributed by atoms with van der Waals surface area (Å²) in [6.45, 7) is 15.5. The molecule has 0 fully saturated rings. The third-order valence-corrected chi connectivity index (χ3v) is 4.38. The summed E-state index contributed by atoms with van der Waals surface area (Å²) < 4.78 is 0. The van der Waals surface area contributed by atoms with E-state index >= 15 is 0 Å². The minimum absolute atomic E-state index is 0.0330. The second kappa shape index (κ2) is 7.92. The molecule has 1 atom stereocenters. The van der Waals surface area contributed by atoms with Crippen LogP contribution in [0.4, 0.5) is 0 Å². The zero-order valence-corrected chi connectivity index (χ0v) is 14.6. The average molecular weight is 291 g/mol. The molecule has 0 heterocycles. The highest BCUT2D eigenvalue weighted by molar-refractivity contribution is 5.28. The molecule has 0 amide bonds. The number of nitrogens with one attached hydrogen (secondary N) is 1. The molecule has 3 N–H and O–H groups in total. The Kier molecular flexibility index (Phi) is 6.85. The number of nitrogens with two attached hydrogens (primary N) is 1. The Morgan fingerprint density at radius 3 is 2.29 bits per heavy atom. The number of hydrazine groups is 1.